The van der Waals surface area contributed by atoms with Crippen molar-refractivity contribution in [1.82, 2.24) is 14.8 Å². The monoisotopic (exact) mass is 365 g/mol. The zero-order valence-corrected chi connectivity index (χ0v) is 15.4. The average Bonchev–Trinajstić information content (AvgIpc) is 3.32. The first-order valence-corrected chi connectivity index (χ1v) is 9.46. The van der Waals surface area contributed by atoms with Crippen molar-refractivity contribution in [3.8, 4) is 5.88 Å². The molecule has 3 aliphatic heterocycles. The Morgan fingerprint density at radius 3 is 2.93 bits per heavy atom. The van der Waals surface area contributed by atoms with Gasteiger partial charge in [-0.25, -0.2) is 4.98 Å². The normalized spacial score (nSPS) is 29.8. The highest BCUT2D eigenvalue weighted by molar-refractivity contribution is 5.81. The van der Waals surface area contributed by atoms with Gasteiger partial charge in [0.1, 0.15) is 6.10 Å². The molecule has 1 spiro atoms. The maximum atomic E-state index is 12.7. The second kappa shape index (κ2) is 6.32. The van der Waals surface area contributed by atoms with Crippen LogP contribution in [0.15, 0.2) is 48.7 Å². The van der Waals surface area contributed by atoms with Crippen LogP contribution in [0.25, 0.3) is 0 Å². The number of carbonyl (C=O) groups is 1. The van der Waals surface area contributed by atoms with Crippen LogP contribution in [0.2, 0.25) is 0 Å². The predicted molar refractivity (Wildman–Crippen MR) is 98.9 cm³/mol. The predicted octanol–water partition coefficient (Wildman–Crippen LogP) is 2.36. The van der Waals surface area contributed by atoms with Crippen LogP contribution in [0.3, 0.4) is 0 Å². The number of carbonyl (C=O) groups excluding carboxylic acids is 1. The van der Waals surface area contributed by atoms with Gasteiger partial charge in [0.15, 0.2) is 5.72 Å². The van der Waals surface area contributed by atoms with Gasteiger partial charge in [0.2, 0.25) is 11.8 Å². The molecule has 0 unspecified atom stereocenters. The summed E-state index contributed by atoms with van der Waals surface area (Å²) < 4.78 is 12.0. The molecule has 4 heterocycles. The van der Waals surface area contributed by atoms with E-state index in [1.54, 1.807) is 13.3 Å². The molecular formula is C21H23N3O3. The largest absolute Gasteiger partial charge is 0.481 e. The summed E-state index contributed by atoms with van der Waals surface area (Å²) in [6.07, 6.45) is 3.05. The first-order chi connectivity index (χ1) is 13.2. The maximum absolute atomic E-state index is 12.7. The van der Waals surface area contributed by atoms with Crippen LogP contribution < -0.4 is 4.74 Å². The molecule has 1 amide bonds. The molecule has 6 nitrogen and oxygen atoms in total. The third-order valence-electron chi connectivity index (χ3n) is 6.13. The smallest absolute Gasteiger partial charge is 0.226 e. The first kappa shape index (κ1) is 16.7. The van der Waals surface area contributed by atoms with Gasteiger partial charge in [0.05, 0.1) is 19.7 Å². The van der Waals surface area contributed by atoms with E-state index >= 15 is 0 Å². The molecule has 0 saturated carbocycles. The summed E-state index contributed by atoms with van der Waals surface area (Å²) in [6, 6.07) is 14.2. The van der Waals surface area contributed by atoms with Gasteiger partial charge in [0.25, 0.3) is 0 Å². The lowest BCUT2D eigenvalue weighted by Crippen LogP contribution is -2.47. The number of methoxy groups -OCH3 is 1. The minimum Gasteiger partial charge on any atom is -0.481 e. The Kier molecular flexibility index (Phi) is 3.91. The molecule has 0 bridgehead atoms. The molecule has 1 aromatic heterocycles. The Labute approximate surface area is 158 Å². The molecule has 2 aromatic rings. The first-order valence-electron chi connectivity index (χ1n) is 9.46. The van der Waals surface area contributed by atoms with Gasteiger partial charge >= 0.3 is 0 Å². The number of hydrogen-bond acceptors (Lipinski definition) is 5. The Bertz CT molecular complexity index is 859. The van der Waals surface area contributed by atoms with Crippen molar-refractivity contribution in [1.29, 1.82) is 0 Å². The van der Waals surface area contributed by atoms with Crippen molar-refractivity contribution >= 4 is 5.91 Å². The number of ether oxygens (including phenoxy) is 2. The van der Waals surface area contributed by atoms with E-state index in [1.165, 1.54) is 0 Å². The summed E-state index contributed by atoms with van der Waals surface area (Å²) in [5.74, 6) is 0.843. The lowest BCUT2D eigenvalue weighted by Gasteiger charge is -2.32. The average molecular weight is 365 g/mol. The van der Waals surface area contributed by atoms with Gasteiger partial charge < -0.3 is 14.4 Å². The molecule has 3 atom stereocenters. The molecule has 0 N–H and O–H groups in total. The van der Waals surface area contributed by atoms with Crippen LogP contribution >= 0.6 is 0 Å². The molecule has 6 heteroatoms. The van der Waals surface area contributed by atoms with Crippen molar-refractivity contribution in [2.24, 2.45) is 0 Å². The quantitative estimate of drug-likeness (QED) is 0.833. The summed E-state index contributed by atoms with van der Waals surface area (Å²) in [7, 11) is 1.64. The molecule has 0 aliphatic carbocycles. The van der Waals surface area contributed by atoms with Crippen LogP contribution in [0, 0.1) is 0 Å². The van der Waals surface area contributed by atoms with Crippen LogP contribution in [0.4, 0.5) is 0 Å². The topological polar surface area (TPSA) is 54.9 Å². The lowest BCUT2D eigenvalue weighted by molar-refractivity contribution is -0.138. The van der Waals surface area contributed by atoms with E-state index in [4.69, 9.17) is 9.47 Å². The molecule has 27 heavy (non-hydrogen) atoms. The number of benzene rings is 1. The van der Waals surface area contributed by atoms with E-state index < -0.39 is 5.72 Å². The fourth-order valence-electron chi connectivity index (χ4n) is 4.89. The summed E-state index contributed by atoms with van der Waals surface area (Å²) >= 11 is 0. The molecule has 5 rings (SSSR count). The summed E-state index contributed by atoms with van der Waals surface area (Å²) in [4.78, 5) is 21.4. The van der Waals surface area contributed by atoms with E-state index in [-0.39, 0.29) is 18.1 Å². The zero-order chi connectivity index (χ0) is 18.4. The Hall–Kier alpha value is -2.44. The number of hydrogen-bond donors (Lipinski definition) is 0. The minimum atomic E-state index is -0.493. The fraction of sp³-hybridized carbons (Fsp3) is 0.429. The standard InChI is InChI=1S/C21H23N3O3/c1-26-20-16(8-5-10-22-20)13-23-11-9-21-18(23)12-19(25)24(21)14-17(27-21)15-6-3-2-4-7-15/h2-8,10,17-18H,9,11-14H2,1H3/t17-,18-,21+/m1/s1. The fourth-order valence-corrected chi connectivity index (χ4v) is 4.89. The Balaban J connectivity index is 1.41. The third kappa shape index (κ3) is 2.55. The Morgan fingerprint density at radius 2 is 2.11 bits per heavy atom. The van der Waals surface area contributed by atoms with Gasteiger partial charge in [-0.15, -0.1) is 0 Å². The van der Waals surface area contributed by atoms with E-state index in [1.807, 2.05) is 35.2 Å². The number of pyridine rings is 1. The van der Waals surface area contributed by atoms with Gasteiger partial charge in [0, 0.05) is 37.7 Å². The van der Waals surface area contributed by atoms with Gasteiger partial charge in [-0.1, -0.05) is 36.4 Å². The zero-order valence-electron chi connectivity index (χ0n) is 15.4. The van der Waals surface area contributed by atoms with E-state index in [9.17, 15) is 4.79 Å². The van der Waals surface area contributed by atoms with Crippen LogP contribution in [0.5, 0.6) is 5.88 Å². The molecule has 3 aliphatic rings. The second-order valence-electron chi connectivity index (χ2n) is 7.48. The molecule has 1 aromatic carbocycles. The highest BCUT2D eigenvalue weighted by atomic mass is 16.5. The van der Waals surface area contributed by atoms with E-state index in [2.05, 4.69) is 22.0 Å². The van der Waals surface area contributed by atoms with Crippen molar-refractivity contribution in [2.45, 2.75) is 37.3 Å². The van der Waals surface area contributed by atoms with Crippen molar-refractivity contribution in [3.63, 3.8) is 0 Å². The van der Waals surface area contributed by atoms with Crippen molar-refractivity contribution < 1.29 is 14.3 Å². The van der Waals surface area contributed by atoms with Crippen molar-refractivity contribution in [3.05, 3.63) is 59.8 Å². The Morgan fingerprint density at radius 1 is 1.26 bits per heavy atom. The van der Waals surface area contributed by atoms with Crippen LogP contribution in [-0.4, -0.2) is 52.7 Å². The molecular weight excluding hydrogens is 342 g/mol. The summed E-state index contributed by atoms with van der Waals surface area (Å²) in [6.45, 7) is 2.25. The lowest BCUT2D eigenvalue weighted by atomic mass is 10.1. The van der Waals surface area contributed by atoms with Crippen LogP contribution in [0.1, 0.15) is 30.1 Å². The maximum Gasteiger partial charge on any atom is 0.226 e. The van der Waals surface area contributed by atoms with E-state index in [0.717, 1.165) is 24.1 Å². The third-order valence-corrected chi connectivity index (χ3v) is 6.13. The SMILES string of the molecule is COc1ncccc1CN1CC[C@@]23O[C@@H](c4ccccc4)CN2C(=O)C[C@@H]13. The number of aromatic nitrogens is 1. The second-order valence-corrected chi connectivity index (χ2v) is 7.48. The molecule has 3 fully saturated rings. The highest BCUT2D eigenvalue weighted by Crippen LogP contribution is 2.51. The number of rotatable bonds is 4. The van der Waals surface area contributed by atoms with E-state index in [0.29, 0.717) is 25.4 Å². The van der Waals surface area contributed by atoms with Gasteiger partial charge in [-0.2, -0.15) is 0 Å². The molecule has 140 valence electrons. The van der Waals surface area contributed by atoms with Gasteiger partial charge in [-0.05, 0) is 11.6 Å². The molecule has 3 saturated heterocycles. The molecule has 0 radical (unpaired) electrons. The summed E-state index contributed by atoms with van der Waals surface area (Å²) in [5.41, 5.74) is 1.69. The number of amides is 1. The highest BCUT2D eigenvalue weighted by Gasteiger charge is 2.63. The van der Waals surface area contributed by atoms with Crippen molar-refractivity contribution in [2.75, 3.05) is 20.2 Å². The van der Waals surface area contributed by atoms with Gasteiger partial charge in [-0.3, -0.25) is 9.69 Å². The minimum absolute atomic E-state index is 0.0502. The number of nitrogens with zero attached hydrogens (tertiary/aromatic N) is 3. The van der Waals surface area contributed by atoms with Crippen LogP contribution in [-0.2, 0) is 16.1 Å². The number of likely N-dealkylation sites (tertiary alicyclic amines) is 1. The summed E-state index contributed by atoms with van der Waals surface area (Å²) in [5, 5.41) is 0.